The fourth-order valence-electron chi connectivity index (χ4n) is 1.61. The predicted molar refractivity (Wildman–Crippen MR) is 43.1 cm³/mol. The first kappa shape index (κ1) is 8.06. The zero-order chi connectivity index (χ0) is 7.40. The van der Waals surface area contributed by atoms with Gasteiger partial charge >= 0.3 is 0 Å². The van der Waals surface area contributed by atoms with Gasteiger partial charge < -0.3 is 4.74 Å². The molecule has 0 spiro atoms. The van der Waals surface area contributed by atoms with Crippen molar-refractivity contribution in [3.8, 4) is 0 Å². The average molecular weight is 142 g/mol. The third kappa shape index (κ3) is 1.98. The molecule has 0 N–H and O–H groups in total. The van der Waals surface area contributed by atoms with E-state index in [1.807, 2.05) is 0 Å². The topological polar surface area (TPSA) is 9.23 Å². The molecule has 0 aliphatic carbocycles. The average Bonchev–Trinajstić information content (AvgIpc) is 2.37. The fraction of sp³-hybridized carbons (Fsp3) is 1.00. The van der Waals surface area contributed by atoms with Gasteiger partial charge in [-0.1, -0.05) is 20.3 Å². The molecular formula is C9H18O. The van der Waals surface area contributed by atoms with E-state index in [0.29, 0.717) is 12.2 Å². The molecule has 0 amide bonds. The minimum atomic E-state index is 0.580. The van der Waals surface area contributed by atoms with Gasteiger partial charge in [-0.05, 0) is 25.7 Å². The lowest BCUT2D eigenvalue weighted by molar-refractivity contribution is 0.0385. The molecule has 1 saturated heterocycles. The molecule has 1 aliphatic heterocycles. The summed E-state index contributed by atoms with van der Waals surface area (Å²) in [5.74, 6) is 0. The van der Waals surface area contributed by atoms with E-state index >= 15 is 0 Å². The van der Waals surface area contributed by atoms with Gasteiger partial charge in [-0.15, -0.1) is 0 Å². The van der Waals surface area contributed by atoms with Crippen molar-refractivity contribution in [3.63, 3.8) is 0 Å². The molecule has 1 aliphatic rings. The molecule has 0 bridgehead atoms. The Morgan fingerprint density at radius 1 is 1.20 bits per heavy atom. The molecular weight excluding hydrogens is 124 g/mol. The van der Waals surface area contributed by atoms with E-state index in [4.69, 9.17) is 4.74 Å². The Morgan fingerprint density at radius 3 is 2.40 bits per heavy atom. The fourth-order valence-corrected chi connectivity index (χ4v) is 1.61. The highest BCUT2D eigenvalue weighted by atomic mass is 16.5. The second-order valence-electron chi connectivity index (χ2n) is 3.15. The van der Waals surface area contributed by atoms with Gasteiger partial charge in [-0.2, -0.15) is 0 Å². The van der Waals surface area contributed by atoms with Crippen molar-refractivity contribution in [2.45, 2.75) is 58.2 Å². The molecule has 0 saturated carbocycles. The summed E-state index contributed by atoms with van der Waals surface area (Å²) in [4.78, 5) is 0. The Kier molecular flexibility index (Phi) is 3.20. The Bertz CT molecular complexity index is 90.7. The molecule has 1 heteroatoms. The van der Waals surface area contributed by atoms with Crippen molar-refractivity contribution in [2.24, 2.45) is 0 Å². The number of hydrogen-bond acceptors (Lipinski definition) is 1. The van der Waals surface area contributed by atoms with E-state index in [1.165, 1.54) is 32.1 Å². The van der Waals surface area contributed by atoms with Gasteiger partial charge in [-0.3, -0.25) is 0 Å². The highest BCUT2D eigenvalue weighted by molar-refractivity contribution is 4.71. The maximum absolute atomic E-state index is 5.75. The van der Waals surface area contributed by atoms with Crippen molar-refractivity contribution in [1.82, 2.24) is 0 Å². The van der Waals surface area contributed by atoms with Crippen molar-refractivity contribution in [3.05, 3.63) is 0 Å². The van der Waals surface area contributed by atoms with Gasteiger partial charge in [0.15, 0.2) is 0 Å². The van der Waals surface area contributed by atoms with Gasteiger partial charge in [0.2, 0.25) is 0 Å². The summed E-state index contributed by atoms with van der Waals surface area (Å²) in [5.41, 5.74) is 0. The zero-order valence-corrected chi connectivity index (χ0v) is 7.10. The normalized spacial score (nSPS) is 33.0. The van der Waals surface area contributed by atoms with Gasteiger partial charge in [0.1, 0.15) is 0 Å². The number of ether oxygens (including phenoxy) is 1. The summed E-state index contributed by atoms with van der Waals surface area (Å²) < 4.78 is 5.75. The molecule has 60 valence electrons. The molecule has 1 heterocycles. The predicted octanol–water partition coefficient (Wildman–Crippen LogP) is 2.74. The quantitative estimate of drug-likeness (QED) is 0.588. The monoisotopic (exact) mass is 142 g/mol. The maximum atomic E-state index is 5.75. The third-order valence-corrected chi connectivity index (χ3v) is 2.26. The van der Waals surface area contributed by atoms with Crippen molar-refractivity contribution in [2.75, 3.05) is 0 Å². The Balaban J connectivity index is 2.15. The largest absolute Gasteiger partial charge is 0.375 e. The van der Waals surface area contributed by atoms with E-state index in [9.17, 15) is 0 Å². The zero-order valence-electron chi connectivity index (χ0n) is 7.10. The van der Waals surface area contributed by atoms with Crippen LogP contribution in [-0.4, -0.2) is 12.2 Å². The van der Waals surface area contributed by atoms with Crippen LogP contribution < -0.4 is 0 Å². The molecule has 1 rings (SSSR count). The van der Waals surface area contributed by atoms with E-state index in [2.05, 4.69) is 13.8 Å². The molecule has 10 heavy (non-hydrogen) atoms. The second kappa shape index (κ2) is 3.97. The molecule has 0 aromatic rings. The van der Waals surface area contributed by atoms with Crippen LogP contribution in [0.3, 0.4) is 0 Å². The van der Waals surface area contributed by atoms with E-state index < -0.39 is 0 Å². The van der Waals surface area contributed by atoms with Gasteiger partial charge in [-0.25, -0.2) is 0 Å². The number of hydrogen-bond donors (Lipinski definition) is 0. The van der Waals surface area contributed by atoms with Gasteiger partial charge in [0.05, 0.1) is 12.2 Å². The lowest BCUT2D eigenvalue weighted by Gasteiger charge is -2.10. The smallest absolute Gasteiger partial charge is 0.0579 e. The van der Waals surface area contributed by atoms with E-state index in [-0.39, 0.29) is 0 Å². The molecule has 0 radical (unpaired) electrons. The van der Waals surface area contributed by atoms with Crippen LogP contribution in [0.15, 0.2) is 0 Å². The highest BCUT2D eigenvalue weighted by Gasteiger charge is 2.22. The van der Waals surface area contributed by atoms with Crippen LogP contribution in [0.2, 0.25) is 0 Å². The summed E-state index contributed by atoms with van der Waals surface area (Å²) in [6.45, 7) is 4.43. The third-order valence-electron chi connectivity index (χ3n) is 2.26. The van der Waals surface area contributed by atoms with Gasteiger partial charge in [0.25, 0.3) is 0 Å². The van der Waals surface area contributed by atoms with Crippen molar-refractivity contribution in [1.29, 1.82) is 0 Å². The second-order valence-corrected chi connectivity index (χ2v) is 3.15. The maximum Gasteiger partial charge on any atom is 0.0579 e. The van der Waals surface area contributed by atoms with Crippen LogP contribution in [0.4, 0.5) is 0 Å². The highest BCUT2D eigenvalue weighted by Crippen LogP contribution is 2.24. The first-order chi connectivity index (χ1) is 4.86. The summed E-state index contributed by atoms with van der Waals surface area (Å²) in [6, 6.07) is 0. The molecule has 0 aromatic heterocycles. The molecule has 2 atom stereocenters. The summed E-state index contributed by atoms with van der Waals surface area (Å²) in [6.07, 6.45) is 7.48. The Labute approximate surface area is 63.8 Å². The van der Waals surface area contributed by atoms with Crippen LogP contribution >= 0.6 is 0 Å². The van der Waals surface area contributed by atoms with Crippen molar-refractivity contribution >= 4 is 0 Å². The summed E-state index contributed by atoms with van der Waals surface area (Å²) >= 11 is 0. The first-order valence-electron chi connectivity index (χ1n) is 4.52. The SMILES string of the molecule is CCC[C@H]1CC[C@@H](CC)O1. The minimum Gasteiger partial charge on any atom is -0.375 e. The molecule has 0 aromatic carbocycles. The summed E-state index contributed by atoms with van der Waals surface area (Å²) in [7, 11) is 0. The Hall–Kier alpha value is -0.0400. The van der Waals surface area contributed by atoms with E-state index in [1.54, 1.807) is 0 Å². The van der Waals surface area contributed by atoms with E-state index in [0.717, 1.165) is 0 Å². The van der Waals surface area contributed by atoms with Crippen LogP contribution in [0.5, 0.6) is 0 Å². The van der Waals surface area contributed by atoms with Crippen molar-refractivity contribution < 1.29 is 4.74 Å². The van der Waals surface area contributed by atoms with Crippen LogP contribution in [0, 0.1) is 0 Å². The Morgan fingerprint density at radius 2 is 1.90 bits per heavy atom. The first-order valence-corrected chi connectivity index (χ1v) is 4.52. The van der Waals surface area contributed by atoms with Crippen LogP contribution in [0.1, 0.15) is 46.0 Å². The molecule has 1 fully saturated rings. The lowest BCUT2D eigenvalue weighted by Crippen LogP contribution is -2.09. The van der Waals surface area contributed by atoms with Crippen LogP contribution in [-0.2, 0) is 4.74 Å². The molecule has 1 nitrogen and oxygen atoms in total. The number of rotatable bonds is 3. The molecule has 0 unspecified atom stereocenters. The van der Waals surface area contributed by atoms with Crippen LogP contribution in [0.25, 0.3) is 0 Å². The summed E-state index contributed by atoms with van der Waals surface area (Å²) in [5, 5.41) is 0. The van der Waals surface area contributed by atoms with Gasteiger partial charge in [0, 0.05) is 0 Å². The standard InChI is InChI=1S/C9H18O/c1-3-5-9-7-6-8(4-2)10-9/h8-9H,3-7H2,1-2H3/t8-,9+/m1/s1. The lowest BCUT2D eigenvalue weighted by atomic mass is 10.1. The minimum absolute atomic E-state index is 0.580.